The normalized spacial score (nSPS) is 12.8. The highest BCUT2D eigenvalue weighted by Gasteiger charge is 2.26. The summed E-state index contributed by atoms with van der Waals surface area (Å²) in [5, 5.41) is 8.00. The van der Waals surface area contributed by atoms with E-state index in [0.29, 0.717) is 11.4 Å². The number of carbonyl (C=O) groups excluding carboxylic acids is 2. The van der Waals surface area contributed by atoms with Gasteiger partial charge in [-0.2, -0.15) is 5.10 Å². The van der Waals surface area contributed by atoms with Crippen LogP contribution in [0.5, 0.6) is 11.5 Å². The van der Waals surface area contributed by atoms with Crippen molar-refractivity contribution < 1.29 is 23.8 Å². The highest BCUT2D eigenvalue weighted by atomic mass is 35.5. The van der Waals surface area contributed by atoms with E-state index in [-0.39, 0.29) is 25.2 Å². The molecule has 162 valence electrons. The van der Waals surface area contributed by atoms with E-state index in [1.165, 1.54) is 0 Å². The number of esters is 1. The van der Waals surface area contributed by atoms with Crippen LogP contribution >= 0.6 is 11.6 Å². The Morgan fingerprint density at radius 3 is 2.65 bits per heavy atom. The maximum Gasteiger partial charge on any atom is 0.320 e. The molecule has 0 fully saturated rings. The van der Waals surface area contributed by atoms with E-state index >= 15 is 0 Å². The number of aryl methyl sites for hydroxylation is 1. The van der Waals surface area contributed by atoms with Crippen molar-refractivity contribution in [1.29, 1.82) is 0 Å². The summed E-state index contributed by atoms with van der Waals surface area (Å²) >= 11 is 5.45. The summed E-state index contributed by atoms with van der Waals surface area (Å²) in [6.45, 7) is 3.74. The number of alkyl halides is 1. The second kappa shape index (κ2) is 8.11. The fourth-order valence-corrected chi connectivity index (χ4v) is 3.46. The van der Waals surface area contributed by atoms with Gasteiger partial charge >= 0.3 is 5.97 Å². The predicted molar refractivity (Wildman–Crippen MR) is 115 cm³/mol. The molecular weight excluding hydrogens is 422 g/mol. The van der Waals surface area contributed by atoms with Gasteiger partial charge < -0.3 is 19.5 Å². The van der Waals surface area contributed by atoms with E-state index in [0.717, 1.165) is 27.8 Å². The number of benzene rings is 2. The fourth-order valence-electron chi connectivity index (χ4n) is 3.38. The van der Waals surface area contributed by atoms with Crippen LogP contribution in [0.1, 0.15) is 24.3 Å². The molecule has 0 spiro atoms. The van der Waals surface area contributed by atoms with Crippen molar-refractivity contribution in [2.45, 2.75) is 19.4 Å². The molecule has 0 aliphatic carbocycles. The van der Waals surface area contributed by atoms with Crippen molar-refractivity contribution in [3.8, 4) is 22.6 Å². The quantitative estimate of drug-likeness (QED) is 0.464. The van der Waals surface area contributed by atoms with Crippen LogP contribution in [0.15, 0.2) is 36.4 Å². The van der Waals surface area contributed by atoms with Gasteiger partial charge in [0, 0.05) is 12.4 Å². The van der Waals surface area contributed by atoms with E-state index < -0.39 is 11.5 Å². The summed E-state index contributed by atoms with van der Waals surface area (Å²) < 4.78 is 17.6. The average Bonchev–Trinajstić information content (AvgIpc) is 3.35. The Morgan fingerprint density at radius 1 is 1.16 bits per heavy atom. The third kappa shape index (κ3) is 4.29. The van der Waals surface area contributed by atoms with Gasteiger partial charge in [-0.1, -0.05) is 12.1 Å². The molecule has 1 aliphatic heterocycles. The van der Waals surface area contributed by atoms with Gasteiger partial charge in [0.05, 0.1) is 11.1 Å². The highest BCUT2D eigenvalue weighted by Crippen LogP contribution is 2.36. The average molecular weight is 444 g/mol. The molecule has 0 radical (unpaired) electrons. The van der Waals surface area contributed by atoms with E-state index in [4.69, 9.17) is 25.8 Å². The summed E-state index contributed by atoms with van der Waals surface area (Å²) in [7, 11) is 1.79. The van der Waals surface area contributed by atoms with Crippen molar-refractivity contribution in [2.24, 2.45) is 7.05 Å². The molecule has 0 saturated carbocycles. The van der Waals surface area contributed by atoms with Crippen molar-refractivity contribution in [2.75, 3.05) is 19.3 Å². The number of amides is 1. The number of nitrogens with one attached hydrogen (secondary N) is 1. The van der Waals surface area contributed by atoms with Crippen LogP contribution in [-0.2, 0) is 16.6 Å². The first kappa shape index (κ1) is 21.0. The van der Waals surface area contributed by atoms with Crippen LogP contribution in [0.2, 0.25) is 0 Å². The zero-order valence-corrected chi connectivity index (χ0v) is 18.2. The molecule has 0 unspecified atom stereocenters. The van der Waals surface area contributed by atoms with E-state index in [9.17, 15) is 9.59 Å². The zero-order chi connectivity index (χ0) is 22.2. The SMILES string of the molecule is Cn1nc(C(=O)NC(C)(C)COC(=O)CCl)c2ccc(-c3ccc4c(c3)OCO4)cc21. The highest BCUT2D eigenvalue weighted by molar-refractivity contribution is 6.26. The predicted octanol–water partition coefficient (Wildman–Crippen LogP) is 3.26. The smallest absolute Gasteiger partial charge is 0.320 e. The summed E-state index contributed by atoms with van der Waals surface area (Å²) in [5.74, 6) is 0.306. The number of nitrogens with zero attached hydrogens (tertiary/aromatic N) is 2. The van der Waals surface area contributed by atoms with Crippen molar-refractivity contribution >= 4 is 34.4 Å². The second-order valence-corrected chi connectivity index (χ2v) is 8.17. The Morgan fingerprint density at radius 2 is 1.87 bits per heavy atom. The van der Waals surface area contributed by atoms with Crippen molar-refractivity contribution in [3.05, 3.63) is 42.1 Å². The number of aromatic nitrogens is 2. The Hall–Kier alpha value is -3.26. The van der Waals surface area contributed by atoms with Crippen LogP contribution in [-0.4, -0.2) is 46.5 Å². The number of rotatable bonds is 6. The van der Waals surface area contributed by atoms with Gasteiger partial charge in [0.15, 0.2) is 17.2 Å². The van der Waals surface area contributed by atoms with E-state index in [1.54, 1.807) is 25.6 Å². The molecule has 31 heavy (non-hydrogen) atoms. The molecule has 8 nitrogen and oxygen atoms in total. The Bertz CT molecular complexity index is 1170. The van der Waals surface area contributed by atoms with Crippen LogP contribution in [0.25, 0.3) is 22.0 Å². The molecule has 1 aliphatic rings. The molecule has 9 heteroatoms. The molecule has 3 aromatic rings. The first-order chi connectivity index (χ1) is 14.8. The molecule has 0 saturated heterocycles. The molecule has 1 amide bonds. The minimum Gasteiger partial charge on any atom is -0.462 e. The van der Waals surface area contributed by atoms with Crippen LogP contribution in [0, 0.1) is 0 Å². The summed E-state index contributed by atoms with van der Waals surface area (Å²) in [5.41, 5.74) is 2.27. The number of fused-ring (bicyclic) bond motifs is 2. The molecule has 1 N–H and O–H groups in total. The third-order valence-electron chi connectivity index (χ3n) is 4.93. The molecule has 0 atom stereocenters. The van der Waals surface area contributed by atoms with Crippen molar-refractivity contribution in [1.82, 2.24) is 15.1 Å². The van der Waals surface area contributed by atoms with Gasteiger partial charge in [0.2, 0.25) is 6.79 Å². The molecule has 1 aromatic heterocycles. The van der Waals surface area contributed by atoms with Gasteiger partial charge in [-0.05, 0) is 49.2 Å². The van der Waals surface area contributed by atoms with Crippen LogP contribution < -0.4 is 14.8 Å². The number of carbonyl (C=O) groups is 2. The number of hydrogen-bond acceptors (Lipinski definition) is 6. The van der Waals surface area contributed by atoms with E-state index in [2.05, 4.69) is 10.4 Å². The zero-order valence-electron chi connectivity index (χ0n) is 17.4. The molecule has 2 aromatic carbocycles. The summed E-state index contributed by atoms with van der Waals surface area (Å²) in [6, 6.07) is 11.6. The first-order valence-corrected chi connectivity index (χ1v) is 10.2. The summed E-state index contributed by atoms with van der Waals surface area (Å²) in [4.78, 5) is 24.2. The number of ether oxygens (including phenoxy) is 3. The lowest BCUT2D eigenvalue weighted by atomic mass is 10.0. The minimum absolute atomic E-state index is 0.00330. The lowest BCUT2D eigenvalue weighted by molar-refractivity contribution is -0.142. The minimum atomic E-state index is -0.783. The Balaban J connectivity index is 1.59. The lowest BCUT2D eigenvalue weighted by Crippen LogP contribution is -2.47. The van der Waals surface area contributed by atoms with Gasteiger partial charge in [0.1, 0.15) is 12.5 Å². The van der Waals surface area contributed by atoms with Gasteiger partial charge in [-0.25, -0.2) is 0 Å². The monoisotopic (exact) mass is 443 g/mol. The van der Waals surface area contributed by atoms with Gasteiger partial charge in [-0.3, -0.25) is 14.3 Å². The summed E-state index contributed by atoms with van der Waals surface area (Å²) in [6.07, 6.45) is 0. The molecular formula is C22H22ClN3O5. The van der Waals surface area contributed by atoms with Gasteiger partial charge in [0.25, 0.3) is 5.91 Å². The second-order valence-electron chi connectivity index (χ2n) is 7.90. The van der Waals surface area contributed by atoms with Crippen LogP contribution in [0.3, 0.4) is 0 Å². The first-order valence-electron chi connectivity index (χ1n) is 9.68. The Kier molecular flexibility index (Phi) is 5.49. The number of halogens is 1. The molecule has 2 heterocycles. The van der Waals surface area contributed by atoms with Crippen LogP contribution in [0.4, 0.5) is 0 Å². The Labute approximate surface area is 184 Å². The van der Waals surface area contributed by atoms with E-state index in [1.807, 2.05) is 36.4 Å². The standard InChI is InChI=1S/C22H22ClN3O5/c1-22(2,11-29-19(27)10-23)24-21(28)20-15-6-4-13(8-16(15)26(3)25-20)14-5-7-17-18(9-14)31-12-30-17/h4-9H,10-12H2,1-3H3,(H,24,28). The molecule has 4 rings (SSSR count). The topological polar surface area (TPSA) is 91.7 Å². The largest absolute Gasteiger partial charge is 0.462 e. The lowest BCUT2D eigenvalue weighted by Gasteiger charge is -2.25. The molecule has 0 bridgehead atoms. The van der Waals surface area contributed by atoms with Gasteiger partial charge in [-0.15, -0.1) is 11.6 Å². The van der Waals surface area contributed by atoms with Crippen molar-refractivity contribution in [3.63, 3.8) is 0 Å². The maximum atomic E-state index is 12.9. The maximum absolute atomic E-state index is 12.9. The number of hydrogen-bond donors (Lipinski definition) is 1. The third-order valence-corrected chi connectivity index (χ3v) is 5.15. The fraction of sp³-hybridized carbons (Fsp3) is 0.318.